The van der Waals surface area contributed by atoms with Crippen LogP contribution in [0.25, 0.3) is 0 Å². The number of rotatable bonds is 9. The van der Waals surface area contributed by atoms with E-state index in [1.54, 1.807) is 0 Å². The van der Waals surface area contributed by atoms with Crippen LogP contribution in [0.15, 0.2) is 0 Å². The fourth-order valence-corrected chi connectivity index (χ4v) is 6.07. The molecule has 0 aromatic carbocycles. The third-order valence-corrected chi connectivity index (χ3v) is 7.04. The average molecular weight is 312 g/mol. The largest absolute Gasteiger partial charge is 0.271 e. The van der Waals surface area contributed by atoms with Crippen LogP contribution in [0.3, 0.4) is 0 Å². The minimum atomic E-state index is -3.71. The number of unbranched alkanes of at least 4 members (excludes halogenated alkanes) is 5. The maximum absolute atomic E-state index is 11.8. The van der Waals surface area contributed by atoms with Crippen molar-refractivity contribution in [2.75, 3.05) is 18.1 Å². The van der Waals surface area contributed by atoms with Crippen LogP contribution < -0.4 is 0 Å². The molecule has 1 rings (SSSR count). The highest BCUT2D eigenvalue weighted by atomic mass is 32.2. The molecule has 5 nitrogen and oxygen atoms in total. The van der Waals surface area contributed by atoms with Gasteiger partial charge >= 0.3 is 0 Å². The Morgan fingerprint density at radius 2 is 1.74 bits per heavy atom. The second-order valence-corrected chi connectivity index (χ2v) is 9.22. The van der Waals surface area contributed by atoms with E-state index in [4.69, 9.17) is 4.18 Å². The molecule has 0 saturated carbocycles. The molecule has 1 saturated heterocycles. The summed E-state index contributed by atoms with van der Waals surface area (Å²) in [6, 6.07) is 0. The van der Waals surface area contributed by atoms with Gasteiger partial charge in [-0.3, -0.25) is 4.18 Å². The summed E-state index contributed by atoms with van der Waals surface area (Å²) >= 11 is 0. The van der Waals surface area contributed by atoms with Crippen molar-refractivity contribution in [3.05, 3.63) is 0 Å². The van der Waals surface area contributed by atoms with Crippen LogP contribution in [0.5, 0.6) is 0 Å². The molecule has 1 aliphatic heterocycles. The van der Waals surface area contributed by atoms with E-state index in [1.165, 1.54) is 19.3 Å². The van der Waals surface area contributed by atoms with Gasteiger partial charge in [-0.05, 0) is 12.8 Å². The van der Waals surface area contributed by atoms with Crippen LogP contribution in [0.1, 0.15) is 51.9 Å². The van der Waals surface area contributed by atoms with Gasteiger partial charge in [0, 0.05) is 0 Å². The molecule has 1 fully saturated rings. The fraction of sp³-hybridized carbons (Fsp3) is 1.00. The topological polar surface area (TPSA) is 77.5 Å². The second kappa shape index (κ2) is 7.59. The summed E-state index contributed by atoms with van der Waals surface area (Å²) < 4.78 is 50.9. The highest BCUT2D eigenvalue weighted by Gasteiger charge is 2.37. The van der Waals surface area contributed by atoms with Crippen molar-refractivity contribution in [1.29, 1.82) is 0 Å². The van der Waals surface area contributed by atoms with E-state index in [1.807, 2.05) is 0 Å². The lowest BCUT2D eigenvalue weighted by Crippen LogP contribution is -2.25. The third-order valence-electron chi connectivity index (χ3n) is 3.34. The summed E-state index contributed by atoms with van der Waals surface area (Å²) in [5.74, 6) is -0.330. The average Bonchev–Trinajstić information content (AvgIpc) is 2.69. The first-order valence-corrected chi connectivity index (χ1v) is 10.3. The zero-order valence-corrected chi connectivity index (χ0v) is 13.1. The van der Waals surface area contributed by atoms with Crippen LogP contribution in [-0.2, 0) is 24.1 Å². The van der Waals surface area contributed by atoms with Gasteiger partial charge in [-0.25, -0.2) is 8.42 Å². The van der Waals surface area contributed by atoms with Crippen molar-refractivity contribution in [2.24, 2.45) is 0 Å². The molecule has 0 N–H and O–H groups in total. The van der Waals surface area contributed by atoms with Crippen molar-refractivity contribution in [2.45, 2.75) is 57.1 Å². The first kappa shape index (κ1) is 16.9. The Bertz CT molecular complexity index is 453. The van der Waals surface area contributed by atoms with Crippen molar-refractivity contribution in [1.82, 2.24) is 0 Å². The lowest BCUT2D eigenvalue weighted by Gasteiger charge is -2.10. The molecule has 0 amide bonds. The Labute approximate surface area is 116 Å². The zero-order valence-electron chi connectivity index (χ0n) is 11.5. The summed E-state index contributed by atoms with van der Waals surface area (Å²) in [6.45, 7) is 2.32. The van der Waals surface area contributed by atoms with Crippen LogP contribution >= 0.6 is 0 Å². The lowest BCUT2D eigenvalue weighted by molar-refractivity contribution is 0.301. The van der Waals surface area contributed by atoms with Crippen LogP contribution in [0.2, 0.25) is 0 Å². The van der Waals surface area contributed by atoms with Gasteiger partial charge in [0.05, 0.1) is 18.1 Å². The molecule has 1 aliphatic rings. The summed E-state index contributed by atoms with van der Waals surface area (Å²) in [6.07, 6.45) is 6.49. The standard InChI is InChI=1S/C12H24O5S2/c1-2-3-4-5-6-7-9-17-19(15,16)12-8-10-18(13,14)11-12/h12H,2-11H2,1H3/t12-/m0/s1. The highest BCUT2D eigenvalue weighted by Crippen LogP contribution is 2.20. The smallest absolute Gasteiger partial charge is 0.270 e. The molecule has 0 aromatic heterocycles. The summed E-state index contributed by atoms with van der Waals surface area (Å²) in [4.78, 5) is 0. The van der Waals surface area contributed by atoms with Gasteiger partial charge in [0.15, 0.2) is 9.84 Å². The van der Waals surface area contributed by atoms with Gasteiger partial charge in [0.1, 0.15) is 5.25 Å². The van der Waals surface area contributed by atoms with Gasteiger partial charge in [0.25, 0.3) is 10.1 Å². The van der Waals surface area contributed by atoms with E-state index in [-0.39, 0.29) is 24.5 Å². The molecule has 0 unspecified atom stereocenters. The molecule has 0 bridgehead atoms. The van der Waals surface area contributed by atoms with E-state index in [2.05, 4.69) is 6.92 Å². The van der Waals surface area contributed by atoms with Crippen LogP contribution in [0.4, 0.5) is 0 Å². The predicted octanol–water partition coefficient (Wildman–Crippen LogP) is 1.88. The minimum Gasteiger partial charge on any atom is -0.270 e. The minimum absolute atomic E-state index is 0.0444. The van der Waals surface area contributed by atoms with E-state index in [0.29, 0.717) is 6.42 Å². The van der Waals surface area contributed by atoms with E-state index in [0.717, 1.165) is 12.8 Å². The number of hydrogen-bond acceptors (Lipinski definition) is 5. The van der Waals surface area contributed by atoms with Crippen LogP contribution in [-0.4, -0.2) is 40.2 Å². The van der Waals surface area contributed by atoms with Crippen molar-refractivity contribution in [3.8, 4) is 0 Å². The Balaban J connectivity index is 2.21. The Morgan fingerprint density at radius 1 is 1.11 bits per heavy atom. The molecule has 0 aromatic rings. The maximum Gasteiger partial charge on any atom is 0.271 e. The molecule has 0 aliphatic carbocycles. The first-order chi connectivity index (χ1) is 8.87. The molecule has 0 spiro atoms. The molecule has 0 radical (unpaired) electrons. The Hall–Kier alpha value is -0.140. The molecular formula is C12H24O5S2. The van der Waals surface area contributed by atoms with Gasteiger partial charge in [-0.2, -0.15) is 8.42 Å². The molecular weight excluding hydrogens is 288 g/mol. The van der Waals surface area contributed by atoms with E-state index in [9.17, 15) is 16.8 Å². The Morgan fingerprint density at radius 3 is 2.32 bits per heavy atom. The Kier molecular flexibility index (Phi) is 6.76. The van der Waals surface area contributed by atoms with E-state index >= 15 is 0 Å². The fourth-order valence-electron chi connectivity index (χ4n) is 2.14. The number of hydrogen-bond donors (Lipinski definition) is 0. The molecule has 1 atom stereocenters. The molecule has 114 valence electrons. The second-order valence-electron chi connectivity index (χ2n) is 5.11. The lowest BCUT2D eigenvalue weighted by atomic mass is 10.1. The molecule has 7 heteroatoms. The SMILES string of the molecule is CCCCCCCCOS(=O)(=O)[C@H]1CCS(=O)(=O)C1. The van der Waals surface area contributed by atoms with Crippen LogP contribution in [0, 0.1) is 0 Å². The highest BCUT2D eigenvalue weighted by molar-refractivity contribution is 7.94. The van der Waals surface area contributed by atoms with Crippen molar-refractivity contribution >= 4 is 20.0 Å². The van der Waals surface area contributed by atoms with Crippen molar-refractivity contribution in [3.63, 3.8) is 0 Å². The normalized spacial score (nSPS) is 22.7. The zero-order chi connectivity index (χ0) is 14.4. The first-order valence-electron chi connectivity index (χ1n) is 6.96. The van der Waals surface area contributed by atoms with Gasteiger partial charge in [-0.15, -0.1) is 0 Å². The molecule has 1 heterocycles. The monoisotopic (exact) mass is 312 g/mol. The summed E-state index contributed by atoms with van der Waals surface area (Å²) in [5.41, 5.74) is 0. The maximum atomic E-state index is 11.8. The van der Waals surface area contributed by atoms with Gasteiger partial charge in [0.2, 0.25) is 0 Å². The van der Waals surface area contributed by atoms with E-state index < -0.39 is 25.2 Å². The number of sulfone groups is 1. The molecule has 19 heavy (non-hydrogen) atoms. The van der Waals surface area contributed by atoms with Gasteiger partial charge < -0.3 is 0 Å². The van der Waals surface area contributed by atoms with Crippen molar-refractivity contribution < 1.29 is 21.0 Å². The summed E-state index contributed by atoms with van der Waals surface area (Å²) in [5, 5.41) is -0.863. The summed E-state index contributed by atoms with van der Waals surface area (Å²) in [7, 11) is -6.89. The quantitative estimate of drug-likeness (QED) is 0.480. The third kappa shape index (κ3) is 6.23. The predicted molar refractivity (Wildman–Crippen MR) is 75.3 cm³/mol. The van der Waals surface area contributed by atoms with Gasteiger partial charge in [-0.1, -0.05) is 39.0 Å².